The summed E-state index contributed by atoms with van der Waals surface area (Å²) in [5, 5.41) is 3.01. The molecular formula is C21H26BrN3O2. The molecular weight excluding hydrogens is 406 g/mol. The Morgan fingerprint density at radius 2 is 1.78 bits per heavy atom. The van der Waals surface area contributed by atoms with Gasteiger partial charge in [-0.1, -0.05) is 30.3 Å². The molecule has 1 amide bonds. The topological polar surface area (TPSA) is 44.8 Å². The number of amides is 1. The van der Waals surface area contributed by atoms with Gasteiger partial charge in [-0.3, -0.25) is 14.6 Å². The van der Waals surface area contributed by atoms with Crippen molar-refractivity contribution < 1.29 is 9.53 Å². The fourth-order valence-corrected chi connectivity index (χ4v) is 3.67. The first-order valence-electron chi connectivity index (χ1n) is 9.26. The number of hydrogen-bond acceptors (Lipinski definition) is 4. The van der Waals surface area contributed by atoms with E-state index in [1.54, 1.807) is 13.2 Å². The molecule has 0 atom stereocenters. The van der Waals surface area contributed by atoms with E-state index >= 15 is 0 Å². The van der Waals surface area contributed by atoms with E-state index in [2.05, 4.69) is 61.4 Å². The summed E-state index contributed by atoms with van der Waals surface area (Å²) in [5.41, 5.74) is 1.96. The average Bonchev–Trinajstić information content (AvgIpc) is 2.70. The summed E-state index contributed by atoms with van der Waals surface area (Å²) in [6, 6.07) is 16.0. The van der Waals surface area contributed by atoms with Crippen LogP contribution in [0, 0.1) is 0 Å². The maximum Gasteiger partial charge on any atom is 0.252 e. The molecule has 1 heterocycles. The minimum atomic E-state index is -0.0801. The van der Waals surface area contributed by atoms with Crippen molar-refractivity contribution in [3.8, 4) is 5.75 Å². The normalized spacial score (nSPS) is 15.5. The van der Waals surface area contributed by atoms with Crippen molar-refractivity contribution in [1.82, 2.24) is 15.1 Å². The Balaban J connectivity index is 1.40. The van der Waals surface area contributed by atoms with Crippen LogP contribution in [0.1, 0.15) is 15.9 Å². The fourth-order valence-electron chi connectivity index (χ4n) is 3.24. The molecule has 0 spiro atoms. The minimum Gasteiger partial charge on any atom is -0.497 e. The lowest BCUT2D eigenvalue weighted by Gasteiger charge is -2.34. The van der Waals surface area contributed by atoms with Crippen LogP contribution in [-0.4, -0.2) is 62.1 Å². The molecule has 2 aromatic rings. The molecule has 1 saturated heterocycles. The van der Waals surface area contributed by atoms with Crippen LogP contribution in [0.15, 0.2) is 53.0 Å². The molecule has 1 aliphatic rings. The first-order chi connectivity index (χ1) is 13.2. The van der Waals surface area contributed by atoms with Crippen LogP contribution in [-0.2, 0) is 6.54 Å². The van der Waals surface area contributed by atoms with Gasteiger partial charge < -0.3 is 10.1 Å². The Hall–Kier alpha value is -1.89. The van der Waals surface area contributed by atoms with E-state index in [0.717, 1.165) is 43.7 Å². The second-order valence-electron chi connectivity index (χ2n) is 6.71. The SMILES string of the molecule is COc1ccc(Br)c(C(=O)NCCN2CCN(Cc3ccccc3)CC2)c1. The molecule has 1 fully saturated rings. The zero-order valence-corrected chi connectivity index (χ0v) is 17.2. The van der Waals surface area contributed by atoms with Crippen LogP contribution in [0.25, 0.3) is 0 Å². The van der Waals surface area contributed by atoms with Crippen molar-refractivity contribution in [3.63, 3.8) is 0 Å². The molecule has 0 unspecified atom stereocenters. The maximum atomic E-state index is 12.4. The van der Waals surface area contributed by atoms with Crippen LogP contribution < -0.4 is 10.1 Å². The van der Waals surface area contributed by atoms with E-state index in [9.17, 15) is 4.79 Å². The fraction of sp³-hybridized carbons (Fsp3) is 0.381. The largest absolute Gasteiger partial charge is 0.497 e. The third-order valence-electron chi connectivity index (χ3n) is 4.85. The molecule has 1 N–H and O–H groups in total. The number of halogens is 1. The van der Waals surface area contributed by atoms with Gasteiger partial charge in [0, 0.05) is 50.3 Å². The molecule has 0 saturated carbocycles. The number of ether oxygens (including phenoxy) is 1. The average molecular weight is 432 g/mol. The highest BCUT2D eigenvalue weighted by Gasteiger charge is 2.17. The Labute approximate surface area is 169 Å². The summed E-state index contributed by atoms with van der Waals surface area (Å²) in [7, 11) is 1.60. The lowest BCUT2D eigenvalue weighted by atomic mass is 10.2. The Morgan fingerprint density at radius 1 is 1.07 bits per heavy atom. The summed E-state index contributed by atoms with van der Waals surface area (Å²) in [4.78, 5) is 17.3. The van der Waals surface area contributed by atoms with Crippen molar-refractivity contribution in [2.75, 3.05) is 46.4 Å². The van der Waals surface area contributed by atoms with Crippen molar-refractivity contribution in [2.45, 2.75) is 6.54 Å². The number of carbonyl (C=O) groups is 1. The van der Waals surface area contributed by atoms with Crippen LogP contribution in [0.3, 0.4) is 0 Å². The monoisotopic (exact) mass is 431 g/mol. The van der Waals surface area contributed by atoms with Gasteiger partial charge in [-0.05, 0) is 39.7 Å². The Bertz CT molecular complexity index is 746. The van der Waals surface area contributed by atoms with Gasteiger partial charge in [0.2, 0.25) is 0 Å². The summed E-state index contributed by atoms with van der Waals surface area (Å²) in [6.45, 7) is 6.70. The van der Waals surface area contributed by atoms with Crippen LogP contribution in [0.5, 0.6) is 5.75 Å². The van der Waals surface area contributed by atoms with Crippen LogP contribution in [0.4, 0.5) is 0 Å². The van der Waals surface area contributed by atoms with Gasteiger partial charge in [0.1, 0.15) is 5.75 Å². The smallest absolute Gasteiger partial charge is 0.252 e. The van der Waals surface area contributed by atoms with Gasteiger partial charge in [-0.2, -0.15) is 0 Å². The summed E-state index contributed by atoms with van der Waals surface area (Å²) >= 11 is 3.43. The molecule has 27 heavy (non-hydrogen) atoms. The van der Waals surface area contributed by atoms with Crippen molar-refractivity contribution in [2.24, 2.45) is 0 Å². The molecule has 5 nitrogen and oxygen atoms in total. The van der Waals surface area contributed by atoms with Crippen molar-refractivity contribution in [1.29, 1.82) is 0 Å². The molecule has 0 aromatic heterocycles. The molecule has 1 aliphatic heterocycles. The van der Waals surface area contributed by atoms with Crippen molar-refractivity contribution in [3.05, 3.63) is 64.1 Å². The predicted molar refractivity (Wildman–Crippen MR) is 111 cm³/mol. The van der Waals surface area contributed by atoms with E-state index in [0.29, 0.717) is 17.9 Å². The molecule has 6 heteroatoms. The first kappa shape index (κ1) is 19.9. The molecule has 0 bridgehead atoms. The van der Waals surface area contributed by atoms with Crippen LogP contribution in [0.2, 0.25) is 0 Å². The van der Waals surface area contributed by atoms with Gasteiger partial charge >= 0.3 is 0 Å². The van der Waals surface area contributed by atoms with Gasteiger partial charge in [0.05, 0.1) is 12.7 Å². The van der Waals surface area contributed by atoms with Gasteiger partial charge in [0.15, 0.2) is 0 Å². The second kappa shape index (κ2) is 9.88. The van der Waals surface area contributed by atoms with Crippen LogP contribution >= 0.6 is 15.9 Å². The van der Waals surface area contributed by atoms with Gasteiger partial charge in [0.25, 0.3) is 5.91 Å². The molecule has 0 radical (unpaired) electrons. The highest BCUT2D eigenvalue weighted by molar-refractivity contribution is 9.10. The summed E-state index contributed by atoms with van der Waals surface area (Å²) in [5.74, 6) is 0.598. The second-order valence-corrected chi connectivity index (χ2v) is 7.56. The highest BCUT2D eigenvalue weighted by atomic mass is 79.9. The quantitative estimate of drug-likeness (QED) is 0.731. The van der Waals surface area contributed by atoms with E-state index in [-0.39, 0.29) is 5.91 Å². The first-order valence-corrected chi connectivity index (χ1v) is 10.1. The van der Waals surface area contributed by atoms with E-state index in [1.807, 2.05) is 12.1 Å². The van der Waals surface area contributed by atoms with Gasteiger partial charge in [-0.15, -0.1) is 0 Å². The Kier molecular flexibility index (Phi) is 7.26. The molecule has 2 aromatic carbocycles. The standard InChI is InChI=1S/C21H26BrN3O2/c1-27-18-7-8-20(22)19(15-18)21(26)23-9-10-24-11-13-25(14-12-24)16-17-5-3-2-4-6-17/h2-8,15H,9-14,16H2,1H3,(H,23,26). The third kappa shape index (κ3) is 5.79. The lowest BCUT2D eigenvalue weighted by molar-refractivity contribution is 0.0933. The molecule has 0 aliphatic carbocycles. The lowest BCUT2D eigenvalue weighted by Crippen LogP contribution is -2.48. The minimum absolute atomic E-state index is 0.0801. The third-order valence-corrected chi connectivity index (χ3v) is 5.54. The van der Waals surface area contributed by atoms with Crippen molar-refractivity contribution >= 4 is 21.8 Å². The summed E-state index contributed by atoms with van der Waals surface area (Å²) < 4.78 is 5.97. The molecule has 3 rings (SSSR count). The maximum absolute atomic E-state index is 12.4. The highest BCUT2D eigenvalue weighted by Crippen LogP contribution is 2.22. The molecule has 144 valence electrons. The zero-order chi connectivity index (χ0) is 19.1. The van der Waals surface area contributed by atoms with E-state index in [4.69, 9.17) is 4.74 Å². The number of piperazine rings is 1. The predicted octanol–water partition coefficient (Wildman–Crippen LogP) is 3.01. The van der Waals surface area contributed by atoms with E-state index in [1.165, 1.54) is 5.56 Å². The number of methoxy groups -OCH3 is 1. The van der Waals surface area contributed by atoms with E-state index < -0.39 is 0 Å². The van der Waals surface area contributed by atoms with Gasteiger partial charge in [-0.25, -0.2) is 0 Å². The number of hydrogen-bond donors (Lipinski definition) is 1. The number of carbonyl (C=O) groups excluding carboxylic acids is 1. The summed E-state index contributed by atoms with van der Waals surface area (Å²) in [6.07, 6.45) is 0. The Morgan fingerprint density at radius 3 is 2.48 bits per heavy atom. The number of benzene rings is 2. The number of rotatable bonds is 7. The number of nitrogens with one attached hydrogen (secondary N) is 1. The zero-order valence-electron chi connectivity index (χ0n) is 15.7. The number of nitrogens with zero attached hydrogens (tertiary/aromatic N) is 2.